The van der Waals surface area contributed by atoms with E-state index in [0.29, 0.717) is 5.02 Å². The Hall–Kier alpha value is -1.33. The quantitative estimate of drug-likeness (QED) is 0.873. The Bertz CT molecular complexity index is 468. The van der Waals surface area contributed by atoms with Gasteiger partial charge >= 0.3 is 0 Å². The molecule has 1 N–H and O–H groups in total. The number of aromatic nitrogens is 4. The maximum atomic E-state index is 6.13. The molecule has 86 valence electrons. The van der Waals surface area contributed by atoms with E-state index in [0.717, 1.165) is 11.4 Å². The van der Waals surface area contributed by atoms with Gasteiger partial charge < -0.3 is 5.32 Å². The van der Waals surface area contributed by atoms with Gasteiger partial charge in [-0.05, 0) is 13.1 Å². The highest BCUT2D eigenvalue weighted by Crippen LogP contribution is 2.26. The second kappa shape index (κ2) is 4.27. The predicted molar refractivity (Wildman–Crippen MR) is 62.3 cm³/mol. The van der Waals surface area contributed by atoms with Crippen molar-refractivity contribution in [2.45, 2.75) is 6.04 Å². The van der Waals surface area contributed by atoms with Crippen molar-refractivity contribution < 1.29 is 0 Å². The van der Waals surface area contributed by atoms with Crippen LogP contribution in [-0.2, 0) is 14.1 Å². The zero-order valence-electron chi connectivity index (χ0n) is 9.48. The average molecular weight is 240 g/mol. The van der Waals surface area contributed by atoms with Crippen LogP contribution in [0, 0.1) is 0 Å². The Kier molecular flexibility index (Phi) is 2.98. The summed E-state index contributed by atoms with van der Waals surface area (Å²) in [7, 11) is 5.67. The highest BCUT2D eigenvalue weighted by Gasteiger charge is 2.21. The molecule has 1 atom stereocenters. The minimum absolute atomic E-state index is 0.00694. The molecule has 1 unspecified atom stereocenters. The van der Waals surface area contributed by atoms with Gasteiger partial charge in [-0.2, -0.15) is 10.2 Å². The Balaban J connectivity index is 2.49. The number of nitrogens with zero attached hydrogens (tertiary/aromatic N) is 4. The minimum atomic E-state index is -0.00694. The predicted octanol–water partition coefficient (Wildman–Crippen LogP) is 1.12. The van der Waals surface area contributed by atoms with Crippen molar-refractivity contribution >= 4 is 11.6 Å². The standard InChI is InChI=1S/C10H14ClN5/c1-12-9(8-4-5-13-15(8)2)10-7(11)6-14-16(10)3/h4-6,9,12H,1-3H3. The lowest BCUT2D eigenvalue weighted by Gasteiger charge is -2.17. The zero-order chi connectivity index (χ0) is 11.7. The number of nitrogens with one attached hydrogen (secondary N) is 1. The van der Waals surface area contributed by atoms with Crippen molar-refractivity contribution in [3.8, 4) is 0 Å². The van der Waals surface area contributed by atoms with Crippen molar-refractivity contribution in [3.05, 3.63) is 34.9 Å². The lowest BCUT2D eigenvalue weighted by Crippen LogP contribution is -2.23. The molecular formula is C10H14ClN5. The maximum Gasteiger partial charge on any atom is 0.0931 e. The van der Waals surface area contributed by atoms with Gasteiger partial charge in [0.1, 0.15) is 0 Å². The summed E-state index contributed by atoms with van der Waals surface area (Å²) < 4.78 is 3.60. The molecular weight excluding hydrogens is 226 g/mol. The first-order valence-corrected chi connectivity index (χ1v) is 5.35. The van der Waals surface area contributed by atoms with Crippen LogP contribution in [0.1, 0.15) is 17.4 Å². The van der Waals surface area contributed by atoms with Crippen molar-refractivity contribution in [3.63, 3.8) is 0 Å². The molecule has 2 aromatic rings. The van der Waals surface area contributed by atoms with Crippen LogP contribution in [0.5, 0.6) is 0 Å². The molecule has 0 fully saturated rings. The topological polar surface area (TPSA) is 47.7 Å². The van der Waals surface area contributed by atoms with Crippen molar-refractivity contribution in [1.29, 1.82) is 0 Å². The Labute approximate surface area is 99.0 Å². The van der Waals surface area contributed by atoms with Crippen LogP contribution in [0.2, 0.25) is 5.02 Å². The third kappa shape index (κ3) is 1.72. The second-order valence-electron chi connectivity index (χ2n) is 3.60. The number of hydrogen-bond acceptors (Lipinski definition) is 3. The van der Waals surface area contributed by atoms with Crippen LogP contribution in [0.15, 0.2) is 18.5 Å². The number of rotatable bonds is 3. The van der Waals surface area contributed by atoms with E-state index in [1.165, 1.54) is 0 Å². The van der Waals surface area contributed by atoms with Gasteiger partial charge in [0, 0.05) is 20.3 Å². The Morgan fingerprint density at radius 1 is 1.31 bits per heavy atom. The summed E-state index contributed by atoms with van der Waals surface area (Å²) in [5.74, 6) is 0. The lowest BCUT2D eigenvalue weighted by atomic mass is 10.1. The molecule has 0 bridgehead atoms. The molecule has 5 nitrogen and oxygen atoms in total. The Morgan fingerprint density at radius 3 is 2.50 bits per heavy atom. The van der Waals surface area contributed by atoms with Crippen LogP contribution >= 0.6 is 11.6 Å². The summed E-state index contributed by atoms with van der Waals surface area (Å²) in [5, 5.41) is 12.2. The van der Waals surface area contributed by atoms with E-state index in [1.54, 1.807) is 17.1 Å². The van der Waals surface area contributed by atoms with Gasteiger partial charge in [0.05, 0.1) is 28.6 Å². The molecule has 2 rings (SSSR count). The fraction of sp³-hybridized carbons (Fsp3) is 0.400. The first kappa shape index (κ1) is 11.2. The van der Waals surface area contributed by atoms with Gasteiger partial charge in [-0.25, -0.2) is 0 Å². The van der Waals surface area contributed by atoms with Crippen LogP contribution in [0.25, 0.3) is 0 Å². The zero-order valence-corrected chi connectivity index (χ0v) is 10.2. The molecule has 0 saturated heterocycles. The summed E-state index contributed by atoms with van der Waals surface area (Å²) in [4.78, 5) is 0. The van der Waals surface area contributed by atoms with E-state index in [2.05, 4.69) is 15.5 Å². The number of aryl methyl sites for hydroxylation is 2. The van der Waals surface area contributed by atoms with Crippen LogP contribution in [0.3, 0.4) is 0 Å². The number of hydrogen-bond donors (Lipinski definition) is 1. The summed E-state index contributed by atoms with van der Waals surface area (Å²) in [6.07, 6.45) is 3.42. The van der Waals surface area contributed by atoms with Gasteiger partial charge in [0.25, 0.3) is 0 Å². The van der Waals surface area contributed by atoms with Crippen molar-refractivity contribution in [2.75, 3.05) is 7.05 Å². The molecule has 2 aromatic heterocycles. The maximum absolute atomic E-state index is 6.13. The van der Waals surface area contributed by atoms with Gasteiger partial charge in [0.2, 0.25) is 0 Å². The monoisotopic (exact) mass is 239 g/mol. The third-order valence-corrected chi connectivity index (χ3v) is 2.95. The third-order valence-electron chi connectivity index (χ3n) is 2.65. The SMILES string of the molecule is CNC(c1ccnn1C)c1c(Cl)cnn1C. The van der Waals surface area contributed by atoms with Gasteiger partial charge in [-0.15, -0.1) is 0 Å². The molecule has 0 aliphatic carbocycles. The van der Waals surface area contributed by atoms with Crippen LogP contribution in [-0.4, -0.2) is 26.6 Å². The molecule has 6 heteroatoms. The molecule has 0 saturated carbocycles. The van der Waals surface area contributed by atoms with Crippen molar-refractivity contribution in [2.24, 2.45) is 14.1 Å². The van der Waals surface area contributed by atoms with Crippen molar-refractivity contribution in [1.82, 2.24) is 24.9 Å². The van der Waals surface area contributed by atoms with E-state index in [4.69, 9.17) is 11.6 Å². The smallest absolute Gasteiger partial charge is 0.0931 e. The molecule has 0 aromatic carbocycles. The van der Waals surface area contributed by atoms with E-state index in [1.807, 2.05) is 31.9 Å². The van der Waals surface area contributed by atoms with Crippen LogP contribution < -0.4 is 5.32 Å². The van der Waals surface area contributed by atoms with Gasteiger partial charge in [-0.1, -0.05) is 11.6 Å². The molecule has 0 radical (unpaired) electrons. The fourth-order valence-corrected chi connectivity index (χ4v) is 2.11. The molecule has 0 aliphatic heterocycles. The van der Waals surface area contributed by atoms with E-state index < -0.39 is 0 Å². The highest BCUT2D eigenvalue weighted by molar-refractivity contribution is 6.31. The Morgan fingerprint density at radius 2 is 2.06 bits per heavy atom. The summed E-state index contributed by atoms with van der Waals surface area (Å²) in [5.41, 5.74) is 1.99. The van der Waals surface area contributed by atoms with Gasteiger partial charge in [0.15, 0.2) is 0 Å². The lowest BCUT2D eigenvalue weighted by molar-refractivity contribution is 0.561. The largest absolute Gasteiger partial charge is 0.307 e. The summed E-state index contributed by atoms with van der Waals surface area (Å²) in [6.45, 7) is 0. The fourth-order valence-electron chi connectivity index (χ4n) is 1.84. The van der Waals surface area contributed by atoms with E-state index >= 15 is 0 Å². The van der Waals surface area contributed by atoms with Gasteiger partial charge in [-0.3, -0.25) is 9.36 Å². The van der Waals surface area contributed by atoms with E-state index in [-0.39, 0.29) is 6.04 Å². The first-order chi connectivity index (χ1) is 7.65. The van der Waals surface area contributed by atoms with E-state index in [9.17, 15) is 0 Å². The normalized spacial score (nSPS) is 13.0. The molecule has 2 heterocycles. The first-order valence-electron chi connectivity index (χ1n) is 4.97. The minimum Gasteiger partial charge on any atom is -0.307 e. The van der Waals surface area contributed by atoms with Crippen LogP contribution in [0.4, 0.5) is 0 Å². The average Bonchev–Trinajstić information content (AvgIpc) is 2.80. The summed E-state index contributed by atoms with van der Waals surface area (Å²) in [6, 6.07) is 1.96. The second-order valence-corrected chi connectivity index (χ2v) is 4.01. The molecule has 0 spiro atoms. The highest BCUT2D eigenvalue weighted by atomic mass is 35.5. The molecule has 0 aliphatic rings. The molecule has 0 amide bonds. The number of halogens is 1. The summed E-state index contributed by atoms with van der Waals surface area (Å²) >= 11 is 6.13. The molecule has 16 heavy (non-hydrogen) atoms.